The van der Waals surface area contributed by atoms with Gasteiger partial charge in [0.05, 0.1) is 18.1 Å². The van der Waals surface area contributed by atoms with Crippen LogP contribution in [0.25, 0.3) is 11.0 Å². The standard InChI is InChI=1S/C18H16N2O3/c1-22-18(21)20-14-8-4-3-7-13(14)19-17(20)16-11-10-12-6-2-5-9-15(12)23-16/h2-9,16H,10-11H2,1H3. The number of fused-ring (bicyclic) bond motifs is 2. The number of nitrogens with zero attached hydrogens (tertiary/aromatic N) is 2. The summed E-state index contributed by atoms with van der Waals surface area (Å²) in [6, 6.07) is 15.5. The molecule has 2 aromatic carbocycles. The molecule has 0 radical (unpaired) electrons. The van der Waals surface area contributed by atoms with Crippen molar-refractivity contribution in [3.05, 3.63) is 59.9 Å². The Morgan fingerprint density at radius 2 is 2.00 bits per heavy atom. The zero-order valence-corrected chi connectivity index (χ0v) is 12.7. The number of carbonyl (C=O) groups excluding carboxylic acids is 1. The summed E-state index contributed by atoms with van der Waals surface area (Å²) in [7, 11) is 1.37. The van der Waals surface area contributed by atoms with E-state index in [1.54, 1.807) is 0 Å². The van der Waals surface area contributed by atoms with Gasteiger partial charge in [-0.1, -0.05) is 30.3 Å². The Kier molecular flexibility index (Phi) is 3.26. The van der Waals surface area contributed by atoms with Gasteiger partial charge in [-0.2, -0.15) is 0 Å². The highest BCUT2D eigenvalue weighted by atomic mass is 16.5. The first-order valence-electron chi connectivity index (χ1n) is 7.58. The summed E-state index contributed by atoms with van der Waals surface area (Å²) in [5.41, 5.74) is 2.68. The number of para-hydroxylation sites is 3. The summed E-state index contributed by atoms with van der Waals surface area (Å²) < 4.78 is 12.5. The van der Waals surface area contributed by atoms with Crippen LogP contribution in [-0.4, -0.2) is 22.8 Å². The number of ether oxygens (including phenoxy) is 2. The number of methoxy groups -OCH3 is 1. The smallest absolute Gasteiger partial charge is 0.419 e. The van der Waals surface area contributed by atoms with Gasteiger partial charge in [0, 0.05) is 0 Å². The van der Waals surface area contributed by atoms with Gasteiger partial charge in [0.25, 0.3) is 0 Å². The third kappa shape index (κ3) is 2.25. The largest absolute Gasteiger partial charge is 0.482 e. The Balaban J connectivity index is 1.82. The summed E-state index contributed by atoms with van der Waals surface area (Å²) in [5.74, 6) is 1.44. The Morgan fingerprint density at radius 3 is 2.87 bits per heavy atom. The van der Waals surface area contributed by atoms with Crippen molar-refractivity contribution in [2.75, 3.05) is 7.11 Å². The van der Waals surface area contributed by atoms with E-state index in [1.165, 1.54) is 17.2 Å². The number of imidazole rings is 1. The molecule has 0 bridgehead atoms. The first-order chi connectivity index (χ1) is 11.3. The fourth-order valence-corrected chi connectivity index (χ4v) is 3.05. The molecule has 1 atom stereocenters. The predicted octanol–water partition coefficient (Wildman–Crippen LogP) is 3.72. The molecule has 5 nitrogen and oxygen atoms in total. The number of hydrogen-bond donors (Lipinski definition) is 0. The van der Waals surface area contributed by atoms with E-state index >= 15 is 0 Å². The van der Waals surface area contributed by atoms with Crippen LogP contribution < -0.4 is 4.74 Å². The van der Waals surface area contributed by atoms with Crippen LogP contribution in [0.15, 0.2) is 48.5 Å². The summed E-state index contributed by atoms with van der Waals surface area (Å²) in [6.45, 7) is 0. The number of carbonyl (C=O) groups is 1. The lowest BCUT2D eigenvalue weighted by atomic mass is 10.0. The summed E-state index contributed by atoms with van der Waals surface area (Å²) in [5, 5.41) is 0. The van der Waals surface area contributed by atoms with E-state index in [-0.39, 0.29) is 6.10 Å². The molecule has 23 heavy (non-hydrogen) atoms. The van der Waals surface area contributed by atoms with Crippen molar-refractivity contribution < 1.29 is 14.3 Å². The monoisotopic (exact) mass is 308 g/mol. The quantitative estimate of drug-likeness (QED) is 0.687. The fraction of sp³-hybridized carbons (Fsp3) is 0.222. The first kappa shape index (κ1) is 13.8. The van der Waals surface area contributed by atoms with E-state index in [2.05, 4.69) is 11.1 Å². The third-order valence-corrected chi connectivity index (χ3v) is 4.15. The Hall–Kier alpha value is -2.82. The van der Waals surface area contributed by atoms with Gasteiger partial charge in [-0.25, -0.2) is 14.3 Å². The van der Waals surface area contributed by atoms with Crippen LogP contribution in [0.2, 0.25) is 0 Å². The van der Waals surface area contributed by atoms with Gasteiger partial charge >= 0.3 is 6.09 Å². The molecule has 2 heterocycles. The van der Waals surface area contributed by atoms with Crippen molar-refractivity contribution in [2.24, 2.45) is 0 Å². The van der Waals surface area contributed by atoms with Crippen molar-refractivity contribution in [3.8, 4) is 5.75 Å². The lowest BCUT2D eigenvalue weighted by Gasteiger charge is -2.25. The molecule has 5 heteroatoms. The second kappa shape index (κ2) is 5.43. The Labute approximate surface area is 133 Å². The molecule has 1 aromatic heterocycles. The Morgan fingerprint density at radius 1 is 1.22 bits per heavy atom. The molecule has 0 spiro atoms. The molecule has 0 fully saturated rings. The molecule has 0 saturated carbocycles. The van der Waals surface area contributed by atoms with Gasteiger partial charge in [0.1, 0.15) is 5.75 Å². The van der Waals surface area contributed by atoms with Crippen LogP contribution in [0.3, 0.4) is 0 Å². The highest BCUT2D eigenvalue weighted by Gasteiger charge is 2.28. The number of hydrogen-bond acceptors (Lipinski definition) is 4. The van der Waals surface area contributed by atoms with Gasteiger partial charge in [0.15, 0.2) is 11.9 Å². The predicted molar refractivity (Wildman–Crippen MR) is 85.7 cm³/mol. The van der Waals surface area contributed by atoms with Gasteiger partial charge in [-0.3, -0.25) is 0 Å². The van der Waals surface area contributed by atoms with Gasteiger partial charge in [0.2, 0.25) is 0 Å². The van der Waals surface area contributed by atoms with Crippen molar-refractivity contribution in [3.63, 3.8) is 0 Å². The first-order valence-corrected chi connectivity index (χ1v) is 7.58. The van der Waals surface area contributed by atoms with E-state index in [0.717, 1.165) is 29.6 Å². The molecule has 0 N–H and O–H groups in total. The van der Waals surface area contributed by atoms with Gasteiger partial charge < -0.3 is 9.47 Å². The maximum Gasteiger partial charge on any atom is 0.419 e. The SMILES string of the molecule is COC(=O)n1c(C2CCc3ccccc3O2)nc2ccccc21. The summed E-state index contributed by atoms with van der Waals surface area (Å²) in [4.78, 5) is 16.9. The lowest BCUT2D eigenvalue weighted by molar-refractivity contribution is 0.150. The highest BCUT2D eigenvalue weighted by Crippen LogP contribution is 2.35. The molecule has 4 rings (SSSR count). The maximum absolute atomic E-state index is 12.2. The van der Waals surface area contributed by atoms with E-state index in [0.29, 0.717) is 5.82 Å². The molecule has 116 valence electrons. The van der Waals surface area contributed by atoms with Crippen LogP contribution in [0, 0.1) is 0 Å². The molecule has 1 aliphatic rings. The van der Waals surface area contributed by atoms with Crippen molar-refractivity contribution in [2.45, 2.75) is 18.9 Å². The van der Waals surface area contributed by atoms with Gasteiger partial charge in [-0.15, -0.1) is 0 Å². The van der Waals surface area contributed by atoms with Crippen LogP contribution in [-0.2, 0) is 11.2 Å². The fourth-order valence-electron chi connectivity index (χ4n) is 3.05. The molecule has 0 aliphatic carbocycles. The summed E-state index contributed by atoms with van der Waals surface area (Å²) in [6.07, 6.45) is 0.954. The number of rotatable bonds is 1. The molecular formula is C18H16N2O3. The minimum atomic E-state index is -0.448. The van der Waals surface area contributed by atoms with Crippen molar-refractivity contribution in [1.82, 2.24) is 9.55 Å². The molecular weight excluding hydrogens is 292 g/mol. The average Bonchev–Trinajstić information content (AvgIpc) is 3.00. The number of benzene rings is 2. The van der Waals surface area contributed by atoms with E-state index in [4.69, 9.17) is 9.47 Å². The maximum atomic E-state index is 12.2. The highest BCUT2D eigenvalue weighted by molar-refractivity contribution is 5.87. The Bertz CT molecular complexity index is 885. The van der Waals surface area contributed by atoms with E-state index in [1.807, 2.05) is 42.5 Å². The molecule has 1 aliphatic heterocycles. The zero-order valence-electron chi connectivity index (χ0n) is 12.7. The number of aryl methyl sites for hydroxylation is 1. The van der Waals surface area contributed by atoms with Crippen molar-refractivity contribution in [1.29, 1.82) is 0 Å². The van der Waals surface area contributed by atoms with Crippen molar-refractivity contribution >= 4 is 17.1 Å². The molecule has 1 unspecified atom stereocenters. The zero-order chi connectivity index (χ0) is 15.8. The second-order valence-corrected chi connectivity index (χ2v) is 5.52. The van der Waals surface area contributed by atoms with E-state index in [9.17, 15) is 4.79 Å². The topological polar surface area (TPSA) is 53.4 Å². The third-order valence-electron chi connectivity index (χ3n) is 4.15. The molecule has 0 saturated heterocycles. The normalized spacial score (nSPS) is 16.7. The average molecular weight is 308 g/mol. The van der Waals surface area contributed by atoms with Crippen LogP contribution >= 0.6 is 0 Å². The van der Waals surface area contributed by atoms with Crippen LogP contribution in [0.4, 0.5) is 4.79 Å². The molecule has 3 aromatic rings. The minimum absolute atomic E-state index is 0.267. The number of aromatic nitrogens is 2. The molecule has 0 amide bonds. The second-order valence-electron chi connectivity index (χ2n) is 5.52. The lowest BCUT2D eigenvalue weighted by Crippen LogP contribution is -2.23. The van der Waals surface area contributed by atoms with E-state index < -0.39 is 6.09 Å². The minimum Gasteiger partial charge on any atom is -0.482 e. The van der Waals surface area contributed by atoms with Crippen LogP contribution in [0.1, 0.15) is 23.9 Å². The van der Waals surface area contributed by atoms with Gasteiger partial charge in [-0.05, 0) is 36.6 Å². The summed E-state index contributed by atoms with van der Waals surface area (Å²) >= 11 is 0. The van der Waals surface area contributed by atoms with Crippen LogP contribution in [0.5, 0.6) is 5.75 Å².